The number of likely N-dealkylation sites (tertiary alicyclic amines) is 1. The maximum Gasteiger partial charge on any atom is 0.417 e. The van der Waals surface area contributed by atoms with Crippen molar-refractivity contribution >= 4 is 82.5 Å². The van der Waals surface area contributed by atoms with E-state index in [-0.39, 0.29) is 64.0 Å². The van der Waals surface area contributed by atoms with Crippen LogP contribution in [0.1, 0.15) is 175 Å². The minimum Gasteiger partial charge on any atom is -0.379 e. The molecule has 1 aromatic rings. The lowest BCUT2D eigenvalue weighted by molar-refractivity contribution is -0.160. The fourth-order valence-electron chi connectivity index (χ4n) is 15.4. The molecular weight excluding hydrogens is 1320 g/mol. The number of nitrogens with one attached hydrogen (secondary N) is 3. The van der Waals surface area contributed by atoms with Crippen molar-refractivity contribution in [1.29, 1.82) is 0 Å². The second-order valence-corrected chi connectivity index (χ2v) is 29.6. The minimum atomic E-state index is -4.76. The summed E-state index contributed by atoms with van der Waals surface area (Å²) >= 11 is 6.15. The first-order chi connectivity index (χ1) is 47.1. The summed E-state index contributed by atoms with van der Waals surface area (Å²) in [7, 11) is 9.80. The molecule has 2 aliphatic carbocycles. The van der Waals surface area contributed by atoms with Gasteiger partial charge in [0, 0.05) is 75.6 Å². The Kier molecular flexibility index (Phi) is 27.8. The Morgan fingerprint density at radius 1 is 0.660 bits per heavy atom. The average Bonchev–Trinajstić information content (AvgIpc) is 0.918. The molecule has 12 amide bonds. The Labute approximate surface area is 591 Å². The first kappa shape index (κ1) is 80.2. The largest absolute Gasteiger partial charge is 0.417 e. The van der Waals surface area contributed by atoms with Crippen LogP contribution in [-0.2, 0) is 74.9 Å². The number of alkyl halides is 3. The number of ether oxygens (including phenoxy) is 1. The SMILES string of the molecule is CC[C@H](C)[C@@H]1NC(=O)[C@H](C(C)OC)N(C)C(=O)C[C@@H](C(=O)N2CCCCC2)N(C)C(=O)[C@H](C(C)C)N(C)C(=O)C2(CCCC2)NC(=O)[C@@H]2CCCN2C(=O)[C@H](CCc2ccc(C(F)(F)F)c(Cl)c2)NC(=O)CN(C)C(=O)[C@H](CC2CCCCC2)N(C)C(=O)[C@@H]2CCN2C(=O)[C@H](C)N(C)C1=O. The molecule has 4 saturated heterocycles. The molecule has 7 rings (SSSR count). The van der Waals surface area contributed by atoms with E-state index in [9.17, 15) is 46.7 Å². The Bertz CT molecular complexity index is 3160. The Morgan fingerprint density at radius 2 is 1.29 bits per heavy atom. The van der Waals surface area contributed by atoms with Gasteiger partial charge in [0.05, 0.1) is 29.7 Å². The van der Waals surface area contributed by atoms with Crippen molar-refractivity contribution in [1.82, 2.24) is 60.0 Å². The van der Waals surface area contributed by atoms with Gasteiger partial charge in [-0.1, -0.05) is 96.7 Å². The van der Waals surface area contributed by atoms with E-state index >= 15 is 24.0 Å². The first-order valence-electron chi connectivity index (χ1n) is 35.9. The van der Waals surface area contributed by atoms with Crippen molar-refractivity contribution in [2.45, 2.75) is 242 Å². The fourth-order valence-corrected chi connectivity index (χ4v) is 15.7. The van der Waals surface area contributed by atoms with Crippen LogP contribution < -0.4 is 16.0 Å². The van der Waals surface area contributed by atoms with Crippen molar-refractivity contribution in [3.05, 3.63) is 34.3 Å². The van der Waals surface area contributed by atoms with E-state index in [0.29, 0.717) is 57.2 Å². The summed E-state index contributed by atoms with van der Waals surface area (Å²) in [5.41, 5.74) is -2.37. The molecule has 0 aromatic heterocycles. The number of piperidine rings is 1. The standard InChI is InChI=1S/C71H108ClF3N12O13/c1-14-43(4)57-67(97)80(8)44(5)62(92)87-37-31-52(87)65(95)81(9)53(39-46-24-17-15-18-25-46)64(94)79(7)41-55(88)76-50(30-28-47-27-29-48(49(72)38-47)71(73,74)75)63(93)86-36-23-26-51(86)60(90)78-70(32-19-20-33-70)69(99)84(12)58(42(2)3)68(98)82(10)54(66(96)85-34-21-16-22-35-85)40-56(89)83(11)59(45(6)100-13)61(91)77-57/h27,29,38,42-46,50-54,57-59H,14-26,28,30-37,39-41H2,1-13H3,(H,76,88)(H,77,91)(H,78,90)/t43-,44-,45?,50-,51-,52-,53-,54-,57-,58-,59-/m0/s1. The lowest BCUT2D eigenvalue weighted by Gasteiger charge is -2.45. The van der Waals surface area contributed by atoms with Crippen LogP contribution in [0, 0.1) is 17.8 Å². The zero-order chi connectivity index (χ0) is 74.0. The fraction of sp³-hybridized carbons (Fsp3) is 0.746. The van der Waals surface area contributed by atoms with Gasteiger partial charge in [0.15, 0.2) is 0 Å². The molecule has 2 saturated carbocycles. The summed E-state index contributed by atoms with van der Waals surface area (Å²) in [5, 5.41) is 8.07. The molecule has 1 spiro atoms. The van der Waals surface area contributed by atoms with Gasteiger partial charge in [-0.15, -0.1) is 0 Å². The van der Waals surface area contributed by atoms with E-state index in [1.165, 1.54) is 91.8 Å². The number of hydrogen-bond donors (Lipinski definition) is 3. The molecule has 100 heavy (non-hydrogen) atoms. The number of benzene rings is 1. The lowest BCUT2D eigenvalue weighted by Crippen LogP contribution is -2.65. The summed E-state index contributed by atoms with van der Waals surface area (Å²) < 4.78 is 47.3. The summed E-state index contributed by atoms with van der Waals surface area (Å²) in [6, 6.07) is -8.27. The molecule has 6 fully saturated rings. The van der Waals surface area contributed by atoms with Crippen molar-refractivity contribution in [3.63, 3.8) is 0 Å². The molecule has 558 valence electrons. The third-order valence-corrected chi connectivity index (χ3v) is 22.5. The minimum absolute atomic E-state index is 0.0158. The highest BCUT2D eigenvalue weighted by molar-refractivity contribution is 6.31. The zero-order valence-electron chi connectivity index (χ0n) is 60.8. The Morgan fingerprint density at radius 3 is 1.87 bits per heavy atom. The molecule has 4 aliphatic heterocycles. The first-order valence-corrected chi connectivity index (χ1v) is 36.3. The van der Waals surface area contributed by atoms with Crippen molar-refractivity contribution in [2.75, 3.05) is 82.1 Å². The zero-order valence-corrected chi connectivity index (χ0v) is 61.5. The van der Waals surface area contributed by atoms with Crippen LogP contribution in [0.4, 0.5) is 13.2 Å². The highest BCUT2D eigenvalue weighted by Gasteiger charge is 2.52. The summed E-state index contributed by atoms with van der Waals surface area (Å²) in [5.74, 6) is -9.15. The Balaban J connectivity index is 1.29. The van der Waals surface area contributed by atoms with Crippen LogP contribution in [0.3, 0.4) is 0 Å². The summed E-state index contributed by atoms with van der Waals surface area (Å²) in [6.45, 7) is 10.3. The van der Waals surface area contributed by atoms with Crippen LogP contribution in [0.5, 0.6) is 0 Å². The summed E-state index contributed by atoms with van der Waals surface area (Å²) in [4.78, 5) is 191. The highest BCUT2D eigenvalue weighted by atomic mass is 35.5. The van der Waals surface area contributed by atoms with Crippen LogP contribution in [0.15, 0.2) is 18.2 Å². The molecule has 11 atom stereocenters. The number of carbonyl (C=O) groups is 12. The van der Waals surface area contributed by atoms with Gasteiger partial charge in [0.1, 0.15) is 59.9 Å². The van der Waals surface area contributed by atoms with Gasteiger partial charge in [0.25, 0.3) is 0 Å². The predicted molar refractivity (Wildman–Crippen MR) is 366 cm³/mol. The normalized spacial score (nSPS) is 28.1. The van der Waals surface area contributed by atoms with Crippen LogP contribution >= 0.6 is 11.6 Å². The molecule has 3 N–H and O–H groups in total. The molecule has 4 heterocycles. The van der Waals surface area contributed by atoms with Crippen LogP contribution in [0.2, 0.25) is 5.02 Å². The quantitative estimate of drug-likeness (QED) is 0.263. The van der Waals surface area contributed by atoms with Gasteiger partial charge in [-0.05, 0) is 120 Å². The average molecular weight is 1430 g/mol. The number of fused-ring (bicyclic) bond motifs is 2. The van der Waals surface area contributed by atoms with Gasteiger partial charge >= 0.3 is 6.18 Å². The number of methoxy groups -OCH3 is 1. The van der Waals surface area contributed by atoms with E-state index in [1.54, 1.807) is 32.6 Å². The second-order valence-electron chi connectivity index (χ2n) is 29.2. The number of likely N-dealkylation sites (N-methyl/N-ethyl adjacent to an activating group) is 6. The molecule has 6 aliphatic rings. The van der Waals surface area contributed by atoms with E-state index < -0.39 is 178 Å². The third-order valence-electron chi connectivity index (χ3n) is 22.2. The van der Waals surface area contributed by atoms with Crippen LogP contribution in [0.25, 0.3) is 0 Å². The van der Waals surface area contributed by atoms with Gasteiger partial charge in [0.2, 0.25) is 70.9 Å². The van der Waals surface area contributed by atoms with Gasteiger partial charge in [-0.2, -0.15) is 13.2 Å². The van der Waals surface area contributed by atoms with Gasteiger partial charge in [-0.25, -0.2) is 0 Å². The topological polar surface area (TPSA) is 279 Å². The van der Waals surface area contributed by atoms with Crippen molar-refractivity contribution < 1.29 is 75.4 Å². The van der Waals surface area contributed by atoms with Crippen LogP contribution in [-0.4, -0.2) is 263 Å². The summed E-state index contributed by atoms with van der Waals surface area (Å²) in [6.07, 6.45) is 2.38. The maximum absolute atomic E-state index is 15.4. The number of amides is 12. The van der Waals surface area contributed by atoms with E-state index in [2.05, 4.69) is 16.0 Å². The highest BCUT2D eigenvalue weighted by Crippen LogP contribution is 2.38. The second kappa shape index (κ2) is 34.7. The molecule has 29 heteroatoms. The number of carbonyl (C=O) groups excluding carboxylic acids is 12. The molecule has 1 unspecified atom stereocenters. The molecule has 0 radical (unpaired) electrons. The lowest BCUT2D eigenvalue weighted by atomic mass is 9.84. The number of aryl methyl sites for hydroxylation is 1. The van der Waals surface area contributed by atoms with Crippen molar-refractivity contribution in [2.24, 2.45) is 17.8 Å². The van der Waals surface area contributed by atoms with Gasteiger partial charge in [-0.3, -0.25) is 57.5 Å². The number of nitrogens with zero attached hydrogens (tertiary/aromatic N) is 9. The number of rotatable bonds is 11. The van der Waals surface area contributed by atoms with E-state index in [4.69, 9.17) is 16.3 Å². The number of hydrogen-bond acceptors (Lipinski definition) is 13. The smallest absolute Gasteiger partial charge is 0.379 e. The third kappa shape index (κ3) is 18.4. The molecule has 1 aromatic carbocycles. The van der Waals surface area contributed by atoms with E-state index in [0.717, 1.165) is 60.5 Å². The molecule has 0 bridgehead atoms. The maximum atomic E-state index is 15.4. The monoisotopic (exact) mass is 1430 g/mol. The molecular formula is C71H108ClF3N12O13. The van der Waals surface area contributed by atoms with Crippen molar-refractivity contribution in [3.8, 4) is 0 Å². The Hall–Kier alpha value is -7.10. The number of halogens is 4. The van der Waals surface area contributed by atoms with E-state index in [1.807, 2.05) is 6.92 Å². The van der Waals surface area contributed by atoms with Gasteiger partial charge < -0.3 is 64.8 Å². The molecule has 25 nitrogen and oxygen atoms in total. The predicted octanol–water partition coefficient (Wildman–Crippen LogP) is 5.02.